The zero-order valence-corrected chi connectivity index (χ0v) is 16.8. The minimum absolute atomic E-state index is 0.302. The van der Waals surface area contributed by atoms with Gasteiger partial charge in [-0.25, -0.2) is 19.0 Å². The molecule has 0 saturated carbocycles. The molecule has 1 heterocycles. The van der Waals surface area contributed by atoms with Crippen molar-refractivity contribution in [3.05, 3.63) is 83.7 Å². The van der Waals surface area contributed by atoms with E-state index in [9.17, 15) is 14.0 Å². The first kappa shape index (κ1) is 21.0. The number of imidazole rings is 1. The average molecular weight is 410 g/mol. The number of benzene rings is 2. The normalized spacial score (nSPS) is 11.6. The number of amides is 2. The second kappa shape index (κ2) is 9.69. The van der Waals surface area contributed by atoms with E-state index in [1.807, 2.05) is 6.92 Å². The Labute approximate surface area is 173 Å². The molecule has 3 aromatic rings. The van der Waals surface area contributed by atoms with E-state index >= 15 is 0 Å². The summed E-state index contributed by atoms with van der Waals surface area (Å²) in [5.74, 6) is -0.368. The topological polar surface area (TPSA) is 85.2 Å². The fraction of sp³-hybridized carbons (Fsp3) is 0.227. The summed E-state index contributed by atoms with van der Waals surface area (Å²) in [6.07, 6.45) is 4.04. The molecule has 2 N–H and O–H groups in total. The molecule has 8 heteroatoms. The zero-order chi connectivity index (χ0) is 21.5. The summed E-state index contributed by atoms with van der Waals surface area (Å²) >= 11 is 0. The Hall–Kier alpha value is -3.68. The molecule has 0 aliphatic carbocycles. The first-order valence-electron chi connectivity index (χ1n) is 9.56. The van der Waals surface area contributed by atoms with Gasteiger partial charge in [-0.3, -0.25) is 0 Å². The van der Waals surface area contributed by atoms with Crippen LogP contribution in [0, 0.1) is 5.82 Å². The standard InChI is InChI=1S/C22H23FN4O3/c1-3-14-30-21(28)15-8-10-16(11-9-15)25-22(29)26-19(20-24-12-13-27(20)2)17-6-4-5-7-18(17)23/h4-13,19H,3,14H2,1-2H3,(H2,25,26,29)/t19-/m0/s1. The SMILES string of the molecule is CCCOC(=O)c1ccc(NC(=O)N[C@@H](c2ccccc2F)c2nccn2C)cc1. The highest BCUT2D eigenvalue weighted by molar-refractivity contribution is 5.92. The predicted molar refractivity (Wildman–Crippen MR) is 111 cm³/mol. The third kappa shape index (κ3) is 5.02. The van der Waals surface area contributed by atoms with Gasteiger partial charge in [0.1, 0.15) is 17.7 Å². The molecule has 1 aromatic heterocycles. The monoisotopic (exact) mass is 410 g/mol. The van der Waals surface area contributed by atoms with Crippen LogP contribution in [-0.2, 0) is 11.8 Å². The van der Waals surface area contributed by atoms with Gasteiger partial charge in [-0.1, -0.05) is 25.1 Å². The van der Waals surface area contributed by atoms with Crippen LogP contribution in [0.2, 0.25) is 0 Å². The van der Waals surface area contributed by atoms with E-state index in [1.165, 1.54) is 6.07 Å². The molecule has 2 aromatic carbocycles. The van der Waals surface area contributed by atoms with Gasteiger partial charge in [-0.15, -0.1) is 0 Å². The second-order valence-electron chi connectivity index (χ2n) is 6.66. The summed E-state index contributed by atoms with van der Waals surface area (Å²) in [6, 6.07) is 11.2. The highest BCUT2D eigenvalue weighted by Gasteiger charge is 2.23. The van der Waals surface area contributed by atoms with Crippen molar-refractivity contribution in [3.8, 4) is 0 Å². The van der Waals surface area contributed by atoms with Crippen molar-refractivity contribution < 1.29 is 18.7 Å². The number of nitrogens with zero attached hydrogens (tertiary/aromatic N) is 2. The second-order valence-corrected chi connectivity index (χ2v) is 6.66. The molecule has 7 nitrogen and oxygen atoms in total. The number of carbonyl (C=O) groups is 2. The number of carbonyl (C=O) groups excluding carboxylic acids is 2. The Kier molecular flexibility index (Phi) is 6.79. The van der Waals surface area contributed by atoms with Crippen LogP contribution in [0.1, 0.15) is 41.1 Å². The van der Waals surface area contributed by atoms with Crippen molar-refractivity contribution in [2.45, 2.75) is 19.4 Å². The zero-order valence-electron chi connectivity index (χ0n) is 16.8. The molecule has 0 aliphatic rings. The van der Waals surface area contributed by atoms with Crippen molar-refractivity contribution in [2.24, 2.45) is 7.05 Å². The number of hydrogen-bond donors (Lipinski definition) is 2. The summed E-state index contributed by atoms with van der Waals surface area (Å²) in [4.78, 5) is 28.7. The number of halogens is 1. The van der Waals surface area contributed by atoms with Crippen molar-refractivity contribution in [1.29, 1.82) is 0 Å². The first-order valence-corrected chi connectivity index (χ1v) is 9.56. The Morgan fingerprint density at radius 2 is 1.90 bits per heavy atom. The molecule has 0 aliphatic heterocycles. The number of hydrogen-bond acceptors (Lipinski definition) is 4. The van der Waals surface area contributed by atoms with Gasteiger partial charge in [0.05, 0.1) is 12.2 Å². The number of anilines is 1. The Balaban J connectivity index is 1.73. The fourth-order valence-electron chi connectivity index (χ4n) is 2.91. The molecule has 0 radical (unpaired) electrons. The van der Waals surface area contributed by atoms with Gasteiger partial charge in [0.2, 0.25) is 0 Å². The molecule has 0 saturated heterocycles. The van der Waals surface area contributed by atoms with E-state index in [0.717, 1.165) is 6.42 Å². The summed E-state index contributed by atoms with van der Waals surface area (Å²) < 4.78 is 21.2. The van der Waals surface area contributed by atoms with E-state index in [-0.39, 0.29) is 0 Å². The fourth-order valence-corrected chi connectivity index (χ4v) is 2.91. The largest absolute Gasteiger partial charge is 0.462 e. The molecule has 30 heavy (non-hydrogen) atoms. The smallest absolute Gasteiger partial charge is 0.338 e. The first-order chi connectivity index (χ1) is 14.5. The lowest BCUT2D eigenvalue weighted by Gasteiger charge is -2.20. The number of ether oxygens (including phenoxy) is 1. The molecule has 2 amide bonds. The number of urea groups is 1. The third-order valence-electron chi connectivity index (χ3n) is 4.42. The van der Waals surface area contributed by atoms with Gasteiger partial charge < -0.3 is 19.9 Å². The van der Waals surface area contributed by atoms with E-state index in [4.69, 9.17) is 4.74 Å². The summed E-state index contributed by atoms with van der Waals surface area (Å²) in [5.41, 5.74) is 1.18. The van der Waals surface area contributed by atoms with Crippen LogP contribution >= 0.6 is 0 Å². The van der Waals surface area contributed by atoms with E-state index in [2.05, 4.69) is 15.6 Å². The van der Waals surface area contributed by atoms with E-state index in [0.29, 0.717) is 29.2 Å². The van der Waals surface area contributed by atoms with E-state index in [1.54, 1.807) is 66.5 Å². The van der Waals surface area contributed by atoms with Crippen LogP contribution in [0.5, 0.6) is 0 Å². The van der Waals surface area contributed by atoms with Gasteiger partial charge in [0.15, 0.2) is 0 Å². The highest BCUT2D eigenvalue weighted by Crippen LogP contribution is 2.23. The van der Waals surface area contributed by atoms with Gasteiger partial charge >= 0.3 is 12.0 Å². The van der Waals surface area contributed by atoms with Crippen molar-refractivity contribution >= 4 is 17.7 Å². The quantitative estimate of drug-likeness (QED) is 0.576. The van der Waals surface area contributed by atoms with Gasteiger partial charge in [0, 0.05) is 30.7 Å². The molecule has 0 spiro atoms. The molecule has 0 bridgehead atoms. The van der Waals surface area contributed by atoms with E-state index < -0.39 is 23.9 Å². The molecule has 0 unspecified atom stereocenters. The maximum absolute atomic E-state index is 14.4. The Bertz CT molecular complexity index is 1020. The molecule has 156 valence electrons. The minimum Gasteiger partial charge on any atom is -0.462 e. The Morgan fingerprint density at radius 1 is 1.17 bits per heavy atom. The number of rotatable bonds is 7. The lowest BCUT2D eigenvalue weighted by Crippen LogP contribution is -2.35. The Morgan fingerprint density at radius 3 is 2.53 bits per heavy atom. The van der Waals surface area contributed by atoms with Crippen molar-refractivity contribution in [3.63, 3.8) is 0 Å². The molecule has 1 atom stereocenters. The highest BCUT2D eigenvalue weighted by atomic mass is 19.1. The van der Waals surface area contributed by atoms with Crippen LogP contribution in [0.15, 0.2) is 60.9 Å². The summed E-state index contributed by atoms with van der Waals surface area (Å²) in [7, 11) is 1.77. The lowest BCUT2D eigenvalue weighted by molar-refractivity contribution is 0.0505. The summed E-state index contributed by atoms with van der Waals surface area (Å²) in [6.45, 7) is 2.27. The minimum atomic E-state index is -0.783. The average Bonchev–Trinajstić information content (AvgIpc) is 3.17. The number of nitrogens with one attached hydrogen (secondary N) is 2. The lowest BCUT2D eigenvalue weighted by atomic mass is 10.1. The van der Waals surface area contributed by atoms with Gasteiger partial charge in [0.25, 0.3) is 0 Å². The van der Waals surface area contributed by atoms with Crippen LogP contribution in [-0.4, -0.2) is 28.2 Å². The number of aromatic nitrogens is 2. The number of aryl methyl sites for hydroxylation is 1. The maximum atomic E-state index is 14.4. The van der Waals surface area contributed by atoms with Crippen molar-refractivity contribution in [2.75, 3.05) is 11.9 Å². The number of esters is 1. The van der Waals surface area contributed by atoms with Gasteiger partial charge in [-0.2, -0.15) is 0 Å². The van der Waals surface area contributed by atoms with Crippen LogP contribution < -0.4 is 10.6 Å². The molecular weight excluding hydrogens is 387 g/mol. The third-order valence-corrected chi connectivity index (χ3v) is 4.42. The maximum Gasteiger partial charge on any atom is 0.338 e. The van der Waals surface area contributed by atoms with Crippen LogP contribution in [0.25, 0.3) is 0 Å². The predicted octanol–water partition coefficient (Wildman–Crippen LogP) is 4.04. The summed E-state index contributed by atoms with van der Waals surface area (Å²) in [5, 5.41) is 5.46. The molecule has 0 fully saturated rings. The van der Waals surface area contributed by atoms with Gasteiger partial charge in [-0.05, 0) is 36.8 Å². The molecule has 3 rings (SSSR count). The van der Waals surface area contributed by atoms with Crippen LogP contribution in [0.3, 0.4) is 0 Å². The van der Waals surface area contributed by atoms with Crippen molar-refractivity contribution in [1.82, 2.24) is 14.9 Å². The molecular formula is C22H23FN4O3. The van der Waals surface area contributed by atoms with Crippen LogP contribution in [0.4, 0.5) is 14.9 Å².